The van der Waals surface area contributed by atoms with Crippen LogP contribution in [0, 0.1) is 0 Å². The monoisotopic (exact) mass is 392 g/mol. The number of ether oxygens (including phenoxy) is 4. The topological polar surface area (TPSA) is 39.9 Å². The molecule has 5 nitrogen and oxygen atoms in total. The number of aryl methyl sites for hydroxylation is 1. The average Bonchev–Trinajstić information content (AvgIpc) is 2.73. The SMILES string of the molecule is [2H]C([2H])(Cc1cc(OC)c(OC)cc1Cl)[N+]1=Cc2cc(OC)c(OC)cc2CC1. The lowest BCUT2D eigenvalue weighted by molar-refractivity contribution is -0.523. The lowest BCUT2D eigenvalue weighted by Gasteiger charge is -2.16. The van der Waals surface area contributed by atoms with Gasteiger partial charge in [-0.2, -0.15) is 0 Å². The smallest absolute Gasteiger partial charge is 0.171 e. The van der Waals surface area contributed by atoms with E-state index >= 15 is 0 Å². The van der Waals surface area contributed by atoms with E-state index in [1.165, 1.54) is 7.11 Å². The molecule has 0 radical (unpaired) electrons. The zero-order valence-corrected chi connectivity index (χ0v) is 16.7. The summed E-state index contributed by atoms with van der Waals surface area (Å²) in [5, 5.41) is 0.440. The zero-order chi connectivity index (χ0) is 21.2. The van der Waals surface area contributed by atoms with Gasteiger partial charge in [-0.25, -0.2) is 4.58 Å². The molecule has 2 aromatic carbocycles. The van der Waals surface area contributed by atoms with Crippen molar-refractivity contribution in [2.24, 2.45) is 0 Å². The Kier molecular flexibility index (Phi) is 5.29. The fraction of sp³-hybridized carbons (Fsp3) is 0.381. The molecular formula is C21H25ClNO4+. The lowest BCUT2D eigenvalue weighted by atomic mass is 10.0. The number of hydrogen-bond acceptors (Lipinski definition) is 4. The van der Waals surface area contributed by atoms with E-state index < -0.39 is 6.50 Å². The molecule has 144 valence electrons. The summed E-state index contributed by atoms with van der Waals surface area (Å²) in [6, 6.07) is 7.20. The third-order valence-corrected chi connectivity index (χ3v) is 4.94. The molecular weight excluding hydrogens is 366 g/mol. The second kappa shape index (κ2) is 8.53. The average molecular weight is 393 g/mol. The molecule has 0 fully saturated rings. The Labute approximate surface area is 167 Å². The van der Waals surface area contributed by atoms with E-state index in [0.29, 0.717) is 46.5 Å². The Morgan fingerprint density at radius 3 is 2.19 bits per heavy atom. The quantitative estimate of drug-likeness (QED) is 0.675. The highest BCUT2D eigenvalue weighted by molar-refractivity contribution is 6.31. The molecule has 0 aliphatic carbocycles. The molecule has 0 bridgehead atoms. The molecule has 0 atom stereocenters. The molecule has 2 aromatic rings. The minimum Gasteiger partial charge on any atom is -0.493 e. The maximum Gasteiger partial charge on any atom is 0.171 e. The van der Waals surface area contributed by atoms with Crippen molar-refractivity contribution < 1.29 is 26.3 Å². The highest BCUT2D eigenvalue weighted by Gasteiger charge is 2.20. The van der Waals surface area contributed by atoms with Gasteiger partial charge >= 0.3 is 0 Å². The number of nitrogens with zero attached hydrogens (tertiary/aromatic N) is 1. The Bertz CT molecular complexity index is 947. The van der Waals surface area contributed by atoms with E-state index in [1.807, 2.05) is 18.3 Å². The number of fused-ring (bicyclic) bond motifs is 1. The summed E-state index contributed by atoms with van der Waals surface area (Å²) < 4.78 is 40.4. The van der Waals surface area contributed by atoms with Crippen LogP contribution in [0.25, 0.3) is 0 Å². The Hall–Kier alpha value is -2.40. The van der Waals surface area contributed by atoms with Crippen LogP contribution in [0.4, 0.5) is 0 Å². The predicted octanol–water partition coefficient (Wildman–Crippen LogP) is 3.60. The fourth-order valence-electron chi connectivity index (χ4n) is 3.09. The van der Waals surface area contributed by atoms with Gasteiger partial charge in [-0.1, -0.05) is 11.6 Å². The summed E-state index contributed by atoms with van der Waals surface area (Å²) in [5.74, 6) is 2.33. The largest absolute Gasteiger partial charge is 0.493 e. The van der Waals surface area contributed by atoms with Gasteiger partial charge in [-0.15, -0.1) is 0 Å². The van der Waals surface area contributed by atoms with Gasteiger partial charge < -0.3 is 18.9 Å². The van der Waals surface area contributed by atoms with Crippen molar-refractivity contribution in [3.63, 3.8) is 0 Å². The Balaban J connectivity index is 1.94. The second-order valence-electron chi connectivity index (χ2n) is 6.11. The van der Waals surface area contributed by atoms with E-state index in [2.05, 4.69) is 0 Å². The van der Waals surface area contributed by atoms with Crippen LogP contribution in [-0.4, -0.2) is 52.3 Å². The van der Waals surface area contributed by atoms with Crippen molar-refractivity contribution in [2.45, 2.75) is 12.8 Å². The first kappa shape index (κ1) is 16.8. The van der Waals surface area contributed by atoms with Gasteiger partial charge in [0.05, 0.1) is 28.4 Å². The summed E-state index contributed by atoms with van der Waals surface area (Å²) in [5.41, 5.74) is 2.66. The van der Waals surface area contributed by atoms with Crippen molar-refractivity contribution in [1.82, 2.24) is 0 Å². The van der Waals surface area contributed by atoms with E-state index in [0.717, 1.165) is 11.1 Å². The summed E-state index contributed by atoms with van der Waals surface area (Å²) >= 11 is 6.37. The van der Waals surface area contributed by atoms with Gasteiger partial charge in [0.2, 0.25) is 0 Å². The van der Waals surface area contributed by atoms with Crippen LogP contribution in [0.5, 0.6) is 23.0 Å². The van der Waals surface area contributed by atoms with Gasteiger partial charge in [-0.3, -0.25) is 0 Å². The number of halogens is 1. The molecule has 6 heteroatoms. The van der Waals surface area contributed by atoms with Crippen LogP contribution in [0.3, 0.4) is 0 Å². The first-order chi connectivity index (χ1) is 13.8. The molecule has 0 saturated heterocycles. The molecule has 0 aromatic heterocycles. The zero-order valence-electron chi connectivity index (χ0n) is 18.0. The minimum absolute atomic E-state index is 0.102. The van der Waals surface area contributed by atoms with Gasteiger partial charge in [-0.05, 0) is 29.3 Å². The van der Waals surface area contributed by atoms with E-state index in [1.54, 1.807) is 38.0 Å². The molecule has 1 heterocycles. The molecule has 0 amide bonds. The summed E-state index contributed by atoms with van der Waals surface area (Å²) in [7, 11) is 6.27. The number of rotatable bonds is 7. The van der Waals surface area contributed by atoms with Crippen LogP contribution < -0.4 is 18.9 Å². The first-order valence-electron chi connectivity index (χ1n) is 9.60. The van der Waals surface area contributed by atoms with Crippen molar-refractivity contribution >= 4 is 17.8 Å². The highest BCUT2D eigenvalue weighted by atomic mass is 35.5. The highest BCUT2D eigenvalue weighted by Crippen LogP contribution is 2.34. The standard InChI is InChI=1S/C21H25ClNO4/c1-24-18-9-14-5-7-23(13-16(14)11-20(18)26-3)8-6-15-10-19(25-2)21(27-4)12-17(15)22/h9-13H,5-8H2,1-4H3/q+1/i8D2. The number of benzene rings is 2. The summed E-state index contributed by atoms with van der Waals surface area (Å²) in [6.45, 7) is -1.10. The predicted molar refractivity (Wildman–Crippen MR) is 107 cm³/mol. The van der Waals surface area contributed by atoms with Crippen molar-refractivity contribution in [3.8, 4) is 23.0 Å². The molecule has 0 spiro atoms. The van der Waals surface area contributed by atoms with Gasteiger partial charge in [0.15, 0.2) is 29.2 Å². The number of hydrogen-bond donors (Lipinski definition) is 0. The van der Waals surface area contributed by atoms with Crippen molar-refractivity contribution in [3.05, 3.63) is 46.0 Å². The fourth-order valence-corrected chi connectivity index (χ4v) is 3.31. The van der Waals surface area contributed by atoms with Gasteiger partial charge in [0.1, 0.15) is 15.8 Å². The lowest BCUT2D eigenvalue weighted by Crippen LogP contribution is -2.25. The van der Waals surface area contributed by atoms with Crippen LogP contribution >= 0.6 is 11.6 Å². The summed E-state index contributed by atoms with van der Waals surface area (Å²) in [6.07, 6.45) is 2.63. The van der Waals surface area contributed by atoms with Crippen molar-refractivity contribution in [1.29, 1.82) is 0 Å². The van der Waals surface area contributed by atoms with E-state index in [9.17, 15) is 0 Å². The van der Waals surface area contributed by atoms with Gasteiger partial charge in [0, 0.05) is 29.5 Å². The first-order valence-corrected chi connectivity index (χ1v) is 8.97. The third kappa shape index (κ3) is 4.14. The maximum atomic E-state index is 8.67. The molecule has 0 saturated carbocycles. The maximum absolute atomic E-state index is 8.67. The van der Waals surface area contributed by atoms with Gasteiger partial charge in [0.25, 0.3) is 0 Å². The molecule has 1 aliphatic heterocycles. The second-order valence-corrected chi connectivity index (χ2v) is 6.52. The molecule has 1 aliphatic rings. The van der Waals surface area contributed by atoms with E-state index in [-0.39, 0.29) is 6.42 Å². The molecule has 27 heavy (non-hydrogen) atoms. The van der Waals surface area contributed by atoms with Crippen LogP contribution in [-0.2, 0) is 12.8 Å². The Morgan fingerprint density at radius 2 is 1.52 bits per heavy atom. The third-order valence-electron chi connectivity index (χ3n) is 4.59. The minimum atomic E-state index is -1.64. The summed E-state index contributed by atoms with van der Waals surface area (Å²) in [4.78, 5) is 0. The van der Waals surface area contributed by atoms with E-state index in [4.69, 9.17) is 33.3 Å². The molecule has 3 rings (SSSR count). The Morgan fingerprint density at radius 1 is 0.926 bits per heavy atom. The van der Waals surface area contributed by atoms with Crippen LogP contribution in [0.1, 0.15) is 19.4 Å². The molecule has 0 N–H and O–H groups in total. The molecule has 0 unspecified atom stereocenters. The van der Waals surface area contributed by atoms with Crippen molar-refractivity contribution in [2.75, 3.05) is 41.5 Å². The van der Waals surface area contributed by atoms with Crippen LogP contribution in [0.15, 0.2) is 24.3 Å². The normalized spacial score (nSPS) is 14.5. The number of methoxy groups -OCH3 is 4. The van der Waals surface area contributed by atoms with Crippen LogP contribution in [0.2, 0.25) is 5.02 Å².